The number of allylic oxidation sites excluding steroid dienone is 6. The first-order valence-corrected chi connectivity index (χ1v) is 6.98. The molecule has 0 unspecified atom stereocenters. The van der Waals surface area contributed by atoms with Gasteiger partial charge < -0.3 is 0 Å². The van der Waals surface area contributed by atoms with Crippen molar-refractivity contribution >= 4 is 6.08 Å². The maximum absolute atomic E-state index is 3.98. The lowest BCUT2D eigenvalue weighted by molar-refractivity contribution is 1.14. The highest BCUT2D eigenvalue weighted by Gasteiger charge is 1.90. The number of rotatable bonds is 6. The molecule has 0 nitrogen and oxygen atoms in total. The van der Waals surface area contributed by atoms with Crippen molar-refractivity contribution in [2.24, 2.45) is 0 Å². The molecular formula is C19H24. The standard InChI is InChI=1S/C19H24/c1-5-16(4)8-9-17(6-2)10-13-19-14-11-18(7-3)12-15-19/h6,8-15H,4-5,7H2,1-3H3/b9-8-,13-10+,17-6+. The third-order valence-corrected chi connectivity index (χ3v) is 3.16. The second kappa shape index (κ2) is 8.31. The van der Waals surface area contributed by atoms with E-state index in [4.69, 9.17) is 0 Å². The van der Waals surface area contributed by atoms with Crippen LogP contribution in [-0.2, 0) is 6.42 Å². The van der Waals surface area contributed by atoms with Gasteiger partial charge in [-0.2, -0.15) is 0 Å². The summed E-state index contributed by atoms with van der Waals surface area (Å²) in [6.07, 6.45) is 12.7. The van der Waals surface area contributed by atoms with Gasteiger partial charge >= 0.3 is 0 Å². The van der Waals surface area contributed by atoms with E-state index in [9.17, 15) is 0 Å². The Kier molecular flexibility index (Phi) is 6.67. The van der Waals surface area contributed by atoms with Crippen LogP contribution in [0.25, 0.3) is 6.08 Å². The van der Waals surface area contributed by atoms with E-state index >= 15 is 0 Å². The van der Waals surface area contributed by atoms with E-state index in [0.717, 1.165) is 18.4 Å². The number of benzene rings is 1. The average Bonchev–Trinajstić information content (AvgIpc) is 2.47. The number of hydrogen-bond acceptors (Lipinski definition) is 0. The molecule has 0 aliphatic heterocycles. The molecule has 0 bridgehead atoms. The monoisotopic (exact) mass is 252 g/mol. The predicted octanol–water partition coefficient (Wildman–Crippen LogP) is 5.73. The van der Waals surface area contributed by atoms with Crippen LogP contribution < -0.4 is 0 Å². The molecule has 0 aromatic heterocycles. The van der Waals surface area contributed by atoms with Crippen LogP contribution in [-0.4, -0.2) is 0 Å². The average molecular weight is 252 g/mol. The molecule has 0 heterocycles. The Morgan fingerprint density at radius 3 is 2.26 bits per heavy atom. The first-order valence-electron chi connectivity index (χ1n) is 6.98. The quantitative estimate of drug-likeness (QED) is 0.567. The molecule has 0 fully saturated rings. The lowest BCUT2D eigenvalue weighted by Crippen LogP contribution is -1.79. The lowest BCUT2D eigenvalue weighted by atomic mass is 10.1. The van der Waals surface area contributed by atoms with Gasteiger partial charge in [0.1, 0.15) is 0 Å². The molecule has 19 heavy (non-hydrogen) atoms. The Morgan fingerprint density at radius 2 is 1.74 bits per heavy atom. The van der Waals surface area contributed by atoms with Gasteiger partial charge in [-0.3, -0.25) is 0 Å². The third kappa shape index (κ3) is 5.56. The molecule has 0 heteroatoms. The fourth-order valence-corrected chi connectivity index (χ4v) is 1.64. The van der Waals surface area contributed by atoms with Crippen molar-refractivity contribution < 1.29 is 0 Å². The van der Waals surface area contributed by atoms with E-state index < -0.39 is 0 Å². The minimum Gasteiger partial charge on any atom is -0.0958 e. The van der Waals surface area contributed by atoms with Gasteiger partial charge in [-0.15, -0.1) is 0 Å². The summed E-state index contributed by atoms with van der Waals surface area (Å²) in [5.74, 6) is 0. The van der Waals surface area contributed by atoms with E-state index in [-0.39, 0.29) is 0 Å². The molecule has 0 atom stereocenters. The van der Waals surface area contributed by atoms with Gasteiger partial charge in [0.2, 0.25) is 0 Å². The maximum Gasteiger partial charge on any atom is -0.0256 e. The zero-order valence-electron chi connectivity index (χ0n) is 12.3. The van der Waals surface area contributed by atoms with Crippen LogP contribution in [0.3, 0.4) is 0 Å². The highest BCUT2D eigenvalue weighted by Crippen LogP contribution is 2.10. The molecule has 100 valence electrons. The number of hydrogen-bond donors (Lipinski definition) is 0. The van der Waals surface area contributed by atoms with Gasteiger partial charge in [0.25, 0.3) is 0 Å². The second-order valence-corrected chi connectivity index (χ2v) is 4.56. The van der Waals surface area contributed by atoms with Crippen LogP contribution >= 0.6 is 0 Å². The summed E-state index contributed by atoms with van der Waals surface area (Å²) >= 11 is 0. The summed E-state index contributed by atoms with van der Waals surface area (Å²) in [5, 5.41) is 0. The van der Waals surface area contributed by atoms with Crippen molar-refractivity contribution in [3.63, 3.8) is 0 Å². The van der Waals surface area contributed by atoms with E-state index in [0.29, 0.717) is 0 Å². The van der Waals surface area contributed by atoms with Crippen molar-refractivity contribution in [1.82, 2.24) is 0 Å². The normalized spacial score (nSPS) is 12.5. The van der Waals surface area contributed by atoms with E-state index in [1.807, 2.05) is 0 Å². The van der Waals surface area contributed by atoms with Crippen LogP contribution in [0.5, 0.6) is 0 Å². The molecule has 0 saturated heterocycles. The minimum absolute atomic E-state index is 0.996. The van der Waals surface area contributed by atoms with Crippen LogP contribution in [0.2, 0.25) is 0 Å². The highest BCUT2D eigenvalue weighted by atomic mass is 14.0. The molecule has 0 amide bonds. The van der Waals surface area contributed by atoms with Gasteiger partial charge in [0, 0.05) is 0 Å². The van der Waals surface area contributed by atoms with E-state index in [1.54, 1.807) is 0 Å². The van der Waals surface area contributed by atoms with Gasteiger partial charge in [-0.1, -0.05) is 80.6 Å². The zero-order valence-corrected chi connectivity index (χ0v) is 12.3. The van der Waals surface area contributed by atoms with Crippen molar-refractivity contribution in [3.8, 4) is 0 Å². The van der Waals surface area contributed by atoms with Crippen LogP contribution in [0.1, 0.15) is 38.3 Å². The molecule has 0 aliphatic carbocycles. The summed E-state index contributed by atoms with van der Waals surface area (Å²) in [7, 11) is 0. The van der Waals surface area contributed by atoms with Crippen molar-refractivity contribution in [2.45, 2.75) is 33.6 Å². The molecule has 0 N–H and O–H groups in total. The number of aryl methyl sites for hydroxylation is 1. The summed E-state index contributed by atoms with van der Waals surface area (Å²) in [6, 6.07) is 8.70. The van der Waals surface area contributed by atoms with Gasteiger partial charge in [0.15, 0.2) is 0 Å². The first kappa shape index (κ1) is 15.2. The first-order chi connectivity index (χ1) is 9.19. The minimum atomic E-state index is 0.996. The Balaban J connectivity index is 2.72. The SMILES string of the molecule is C=C(\C=C/C(/C=C/c1ccc(CC)cc1)=C\C)CC. The molecule has 0 aliphatic rings. The molecule has 0 radical (unpaired) electrons. The summed E-state index contributed by atoms with van der Waals surface area (Å²) in [5.41, 5.74) is 4.97. The van der Waals surface area contributed by atoms with Gasteiger partial charge in [-0.05, 0) is 36.5 Å². The van der Waals surface area contributed by atoms with Crippen LogP contribution in [0.15, 0.2) is 66.3 Å². The van der Waals surface area contributed by atoms with Crippen molar-refractivity contribution in [1.29, 1.82) is 0 Å². The topological polar surface area (TPSA) is 0 Å². The molecule has 1 aromatic carbocycles. The second-order valence-electron chi connectivity index (χ2n) is 4.56. The molecule has 1 rings (SSSR count). The highest BCUT2D eigenvalue weighted by molar-refractivity contribution is 5.55. The fraction of sp³-hybridized carbons (Fsp3) is 0.263. The van der Waals surface area contributed by atoms with E-state index in [2.05, 4.69) is 82.0 Å². The van der Waals surface area contributed by atoms with Crippen LogP contribution in [0, 0.1) is 0 Å². The van der Waals surface area contributed by atoms with Crippen molar-refractivity contribution in [3.05, 3.63) is 77.4 Å². The smallest absolute Gasteiger partial charge is 0.0256 e. The Bertz CT molecular complexity index is 481. The molecular weight excluding hydrogens is 228 g/mol. The summed E-state index contributed by atoms with van der Waals surface area (Å²) in [6.45, 7) is 10.3. The molecule has 1 aromatic rings. The van der Waals surface area contributed by atoms with Gasteiger partial charge in [-0.25, -0.2) is 0 Å². The lowest BCUT2D eigenvalue weighted by Gasteiger charge is -1.98. The Morgan fingerprint density at radius 1 is 1.05 bits per heavy atom. The van der Waals surface area contributed by atoms with Crippen LogP contribution in [0.4, 0.5) is 0 Å². The van der Waals surface area contributed by atoms with Crippen molar-refractivity contribution in [2.75, 3.05) is 0 Å². The largest absolute Gasteiger partial charge is 0.0958 e. The Hall–Kier alpha value is -1.82. The summed E-state index contributed by atoms with van der Waals surface area (Å²) in [4.78, 5) is 0. The van der Waals surface area contributed by atoms with Gasteiger partial charge in [0.05, 0.1) is 0 Å². The Labute approximate surface area is 117 Å². The summed E-state index contributed by atoms with van der Waals surface area (Å²) < 4.78 is 0. The predicted molar refractivity (Wildman–Crippen MR) is 87.2 cm³/mol. The zero-order chi connectivity index (χ0) is 14.1. The van der Waals surface area contributed by atoms with E-state index in [1.165, 1.54) is 16.7 Å². The molecule has 0 spiro atoms. The fourth-order valence-electron chi connectivity index (χ4n) is 1.64. The molecule has 0 saturated carbocycles. The third-order valence-electron chi connectivity index (χ3n) is 3.16. The maximum atomic E-state index is 3.98.